The second-order valence-electron chi connectivity index (χ2n) is 5.61. The first-order chi connectivity index (χ1) is 10.4. The van der Waals surface area contributed by atoms with Gasteiger partial charge < -0.3 is 15.7 Å². The Bertz CT molecular complexity index is 589. The summed E-state index contributed by atoms with van der Waals surface area (Å²) < 4.78 is 0. The van der Waals surface area contributed by atoms with Crippen LogP contribution in [-0.4, -0.2) is 53.5 Å². The highest BCUT2D eigenvalue weighted by molar-refractivity contribution is 7.98. The molecule has 1 aromatic rings. The van der Waals surface area contributed by atoms with Crippen molar-refractivity contribution < 1.29 is 9.90 Å². The van der Waals surface area contributed by atoms with Gasteiger partial charge in [-0.25, -0.2) is 4.99 Å². The lowest BCUT2D eigenvalue weighted by molar-refractivity contribution is -0.121. The Morgan fingerprint density at radius 3 is 2.91 bits per heavy atom. The van der Waals surface area contributed by atoms with E-state index < -0.39 is 17.9 Å². The third-order valence-electron chi connectivity index (χ3n) is 4.06. The lowest BCUT2D eigenvalue weighted by atomic mass is 9.99. The summed E-state index contributed by atoms with van der Waals surface area (Å²) >= 11 is 1.80. The van der Waals surface area contributed by atoms with Gasteiger partial charge in [0.1, 0.15) is 5.84 Å². The molecule has 3 N–H and O–H groups in total. The van der Waals surface area contributed by atoms with Gasteiger partial charge >= 0.3 is 0 Å². The summed E-state index contributed by atoms with van der Waals surface area (Å²) in [5.74, 6) is 0.854. The fourth-order valence-corrected chi connectivity index (χ4v) is 3.14. The molecule has 1 aliphatic rings. The van der Waals surface area contributed by atoms with Crippen LogP contribution in [0.5, 0.6) is 0 Å². The van der Waals surface area contributed by atoms with Crippen molar-refractivity contribution in [2.75, 3.05) is 25.6 Å². The number of benzene rings is 1. The number of nitrogens with two attached hydrogens (primary N) is 1. The van der Waals surface area contributed by atoms with Gasteiger partial charge in [0, 0.05) is 19.3 Å². The molecule has 1 aromatic carbocycles. The highest BCUT2D eigenvalue weighted by Crippen LogP contribution is 2.35. The van der Waals surface area contributed by atoms with Crippen LogP contribution in [0.2, 0.25) is 0 Å². The van der Waals surface area contributed by atoms with Gasteiger partial charge in [0.15, 0.2) is 0 Å². The second-order valence-corrected chi connectivity index (χ2v) is 6.59. The van der Waals surface area contributed by atoms with Crippen molar-refractivity contribution in [3.63, 3.8) is 0 Å². The smallest absolute Gasteiger partial charge is 0.227 e. The minimum atomic E-state index is -0.725. The molecule has 5 nitrogen and oxygen atoms in total. The number of amidine groups is 1. The van der Waals surface area contributed by atoms with Crippen molar-refractivity contribution in [1.29, 1.82) is 0 Å². The Morgan fingerprint density at radius 1 is 1.55 bits per heavy atom. The van der Waals surface area contributed by atoms with Crippen molar-refractivity contribution in [2.24, 2.45) is 10.7 Å². The monoisotopic (exact) mass is 321 g/mol. The number of carbonyl (C=O) groups excluding carboxylic acids is 1. The number of hydrogen-bond acceptors (Lipinski definition) is 4. The van der Waals surface area contributed by atoms with E-state index in [0.29, 0.717) is 6.42 Å². The van der Waals surface area contributed by atoms with Crippen molar-refractivity contribution in [3.05, 3.63) is 29.3 Å². The SMILES string of the molecule is CSCCN(C)C(C)=Nc1ccc2c(c1)C(C(N)=O)C(O)C2. The fourth-order valence-electron chi connectivity index (χ4n) is 2.68. The standard InChI is InChI=1S/C16H23N3O2S/c1-10(19(2)6-7-22-3)18-12-5-4-11-8-14(20)15(16(17)21)13(11)9-12/h4-5,9,14-15,20H,6-8H2,1-3H3,(H2,17,21). The molecule has 0 saturated carbocycles. The molecule has 1 aliphatic carbocycles. The first-order valence-corrected chi connectivity index (χ1v) is 8.69. The van der Waals surface area contributed by atoms with Gasteiger partial charge in [-0.1, -0.05) is 6.07 Å². The van der Waals surface area contributed by atoms with E-state index in [9.17, 15) is 9.90 Å². The van der Waals surface area contributed by atoms with E-state index in [4.69, 9.17) is 5.73 Å². The average Bonchev–Trinajstić information content (AvgIpc) is 2.79. The summed E-state index contributed by atoms with van der Waals surface area (Å²) in [6.45, 7) is 2.90. The summed E-state index contributed by atoms with van der Waals surface area (Å²) in [5.41, 5.74) is 7.98. The molecule has 0 radical (unpaired) electrons. The van der Waals surface area contributed by atoms with Crippen molar-refractivity contribution in [1.82, 2.24) is 4.90 Å². The zero-order chi connectivity index (χ0) is 16.3. The zero-order valence-corrected chi connectivity index (χ0v) is 14.1. The number of aliphatic hydroxyl groups excluding tert-OH is 1. The van der Waals surface area contributed by atoms with Crippen LogP contribution >= 0.6 is 11.8 Å². The van der Waals surface area contributed by atoms with E-state index in [1.165, 1.54) is 0 Å². The number of thioether (sulfide) groups is 1. The van der Waals surface area contributed by atoms with Gasteiger partial charge in [-0.3, -0.25) is 4.79 Å². The molecule has 2 rings (SSSR count). The molecule has 0 aliphatic heterocycles. The number of rotatable bonds is 5. The Hall–Kier alpha value is -1.53. The summed E-state index contributed by atoms with van der Waals surface area (Å²) in [7, 11) is 2.01. The van der Waals surface area contributed by atoms with E-state index in [1.54, 1.807) is 11.8 Å². The normalized spacial score (nSPS) is 20.8. The van der Waals surface area contributed by atoms with Crippen LogP contribution in [0, 0.1) is 0 Å². The maximum absolute atomic E-state index is 11.6. The molecule has 6 heteroatoms. The van der Waals surface area contributed by atoms with Crippen molar-refractivity contribution >= 4 is 29.2 Å². The molecule has 0 heterocycles. The van der Waals surface area contributed by atoms with Crippen molar-refractivity contribution in [2.45, 2.75) is 25.4 Å². The predicted octanol–water partition coefficient (Wildman–Crippen LogP) is 1.52. The van der Waals surface area contributed by atoms with E-state index in [1.807, 2.05) is 32.2 Å². The minimum Gasteiger partial charge on any atom is -0.392 e. The topological polar surface area (TPSA) is 78.9 Å². The molecule has 1 amide bonds. The maximum atomic E-state index is 11.6. The molecular formula is C16H23N3O2S. The van der Waals surface area contributed by atoms with Gasteiger partial charge in [0.05, 0.1) is 17.7 Å². The van der Waals surface area contributed by atoms with Crippen LogP contribution in [0.3, 0.4) is 0 Å². The number of carbonyl (C=O) groups is 1. The number of aliphatic hydroxyl groups is 1. The number of nitrogens with zero attached hydrogens (tertiary/aromatic N) is 2. The molecule has 2 atom stereocenters. The van der Waals surface area contributed by atoms with Crippen LogP contribution in [0.1, 0.15) is 24.0 Å². The van der Waals surface area contributed by atoms with E-state index in [-0.39, 0.29) is 0 Å². The van der Waals surface area contributed by atoms with Gasteiger partial charge in [-0.05, 0) is 42.9 Å². The maximum Gasteiger partial charge on any atom is 0.227 e. The Balaban J connectivity index is 2.23. The highest BCUT2D eigenvalue weighted by Gasteiger charge is 2.35. The lowest BCUT2D eigenvalue weighted by Crippen LogP contribution is -2.28. The summed E-state index contributed by atoms with van der Waals surface area (Å²) in [4.78, 5) is 18.3. The van der Waals surface area contributed by atoms with Crippen molar-refractivity contribution in [3.8, 4) is 0 Å². The van der Waals surface area contributed by atoms with Gasteiger partial charge in [0.2, 0.25) is 5.91 Å². The third-order valence-corrected chi connectivity index (χ3v) is 4.65. The van der Waals surface area contributed by atoms with Crippen LogP contribution in [0.15, 0.2) is 23.2 Å². The minimum absolute atomic E-state index is 0.472. The van der Waals surface area contributed by atoms with Gasteiger partial charge in [-0.2, -0.15) is 11.8 Å². The quantitative estimate of drug-likeness (QED) is 0.636. The highest BCUT2D eigenvalue weighted by atomic mass is 32.2. The Morgan fingerprint density at radius 2 is 2.27 bits per heavy atom. The Labute approximate surface area is 135 Å². The van der Waals surface area contributed by atoms with E-state index >= 15 is 0 Å². The first-order valence-electron chi connectivity index (χ1n) is 7.29. The van der Waals surface area contributed by atoms with Gasteiger partial charge in [0.25, 0.3) is 0 Å². The second kappa shape index (κ2) is 7.15. The number of hydrogen-bond donors (Lipinski definition) is 2. The largest absolute Gasteiger partial charge is 0.392 e. The number of fused-ring (bicyclic) bond motifs is 1. The lowest BCUT2D eigenvalue weighted by Gasteiger charge is -2.18. The molecule has 22 heavy (non-hydrogen) atoms. The molecule has 0 fully saturated rings. The molecular weight excluding hydrogens is 298 g/mol. The van der Waals surface area contributed by atoms with Crippen LogP contribution < -0.4 is 5.73 Å². The molecule has 120 valence electrons. The number of aliphatic imine (C=N–C) groups is 1. The average molecular weight is 321 g/mol. The van der Waals surface area contributed by atoms with Crippen LogP contribution in [-0.2, 0) is 11.2 Å². The summed E-state index contributed by atoms with van der Waals surface area (Å²) in [5, 5.41) is 9.99. The molecule has 0 bridgehead atoms. The molecule has 0 aromatic heterocycles. The van der Waals surface area contributed by atoms with Crippen LogP contribution in [0.4, 0.5) is 5.69 Å². The number of primary amides is 1. The zero-order valence-electron chi connectivity index (χ0n) is 13.2. The first kappa shape index (κ1) is 16.8. The van der Waals surface area contributed by atoms with E-state index in [2.05, 4.69) is 16.1 Å². The summed E-state index contributed by atoms with van der Waals surface area (Å²) in [6, 6.07) is 5.71. The van der Waals surface area contributed by atoms with Gasteiger partial charge in [-0.15, -0.1) is 0 Å². The molecule has 0 spiro atoms. The Kier molecular flexibility index (Phi) is 5.47. The van der Waals surface area contributed by atoms with Crippen LogP contribution in [0.25, 0.3) is 0 Å². The number of amides is 1. The van der Waals surface area contributed by atoms with E-state index in [0.717, 1.165) is 34.9 Å². The molecule has 2 unspecified atom stereocenters. The molecule has 0 saturated heterocycles. The third kappa shape index (κ3) is 3.62. The fraction of sp³-hybridized carbons (Fsp3) is 0.500. The summed E-state index contributed by atoms with van der Waals surface area (Å²) in [6.07, 6.45) is 1.83. The predicted molar refractivity (Wildman–Crippen MR) is 91.9 cm³/mol.